The van der Waals surface area contributed by atoms with Crippen molar-refractivity contribution in [2.24, 2.45) is 0 Å². The summed E-state index contributed by atoms with van der Waals surface area (Å²) in [7, 11) is 1.58. The van der Waals surface area contributed by atoms with Crippen molar-refractivity contribution < 1.29 is 19.4 Å². The third-order valence-corrected chi connectivity index (χ3v) is 4.78. The number of methoxy groups -OCH3 is 1. The molecular weight excluding hydrogens is 316 g/mol. The van der Waals surface area contributed by atoms with Crippen LogP contribution in [0.15, 0.2) is 24.3 Å². The molecule has 0 aliphatic carbocycles. The van der Waals surface area contributed by atoms with Crippen LogP contribution in [-0.2, 0) is 0 Å². The lowest BCUT2D eigenvalue weighted by Gasteiger charge is -2.24. The van der Waals surface area contributed by atoms with E-state index in [0.29, 0.717) is 22.8 Å². The molecule has 3 rings (SSSR count). The first-order valence-corrected chi connectivity index (χ1v) is 8.55. The zero-order chi connectivity index (χ0) is 16.2. The Morgan fingerprint density at radius 1 is 1.39 bits per heavy atom. The SMILES string of the molecule is COc1c(OC2CCSCC2)cccc1-c1cc(C(=O)O)[nH]n1. The molecule has 122 valence electrons. The van der Waals surface area contributed by atoms with Gasteiger partial charge in [0.05, 0.1) is 12.8 Å². The molecule has 0 bridgehead atoms. The summed E-state index contributed by atoms with van der Waals surface area (Å²) in [5.41, 5.74) is 1.26. The molecule has 6 nitrogen and oxygen atoms in total. The standard InChI is InChI=1S/C16H18N2O4S/c1-21-15-11(12-9-13(16(19)20)18-17-12)3-2-4-14(15)22-10-5-7-23-8-6-10/h2-4,9-10H,5-8H2,1H3,(H,17,18)(H,19,20). The highest BCUT2D eigenvalue weighted by Crippen LogP contribution is 2.38. The number of ether oxygens (including phenoxy) is 2. The predicted octanol–water partition coefficient (Wildman–Crippen LogP) is 3.06. The van der Waals surface area contributed by atoms with E-state index in [9.17, 15) is 4.79 Å². The highest BCUT2D eigenvalue weighted by molar-refractivity contribution is 7.99. The largest absolute Gasteiger partial charge is 0.492 e. The van der Waals surface area contributed by atoms with Gasteiger partial charge in [0.1, 0.15) is 11.8 Å². The number of carboxylic acid groups (broad SMARTS) is 1. The Hall–Kier alpha value is -2.15. The van der Waals surface area contributed by atoms with Gasteiger partial charge in [0, 0.05) is 5.56 Å². The Morgan fingerprint density at radius 2 is 2.17 bits per heavy atom. The van der Waals surface area contributed by atoms with Crippen LogP contribution in [0.4, 0.5) is 0 Å². The molecule has 23 heavy (non-hydrogen) atoms. The zero-order valence-corrected chi connectivity index (χ0v) is 13.6. The summed E-state index contributed by atoms with van der Waals surface area (Å²) in [4.78, 5) is 11.0. The molecular formula is C16H18N2O4S. The first-order chi connectivity index (χ1) is 11.2. The molecule has 0 unspecified atom stereocenters. The number of nitrogens with zero attached hydrogens (tertiary/aromatic N) is 1. The lowest BCUT2D eigenvalue weighted by Crippen LogP contribution is -2.22. The van der Waals surface area contributed by atoms with Gasteiger partial charge in [-0.2, -0.15) is 16.9 Å². The fourth-order valence-corrected chi connectivity index (χ4v) is 3.63. The molecule has 0 spiro atoms. The summed E-state index contributed by atoms with van der Waals surface area (Å²) in [6.45, 7) is 0. The van der Waals surface area contributed by atoms with Crippen LogP contribution in [0.25, 0.3) is 11.3 Å². The minimum Gasteiger partial charge on any atom is -0.492 e. The number of nitrogens with one attached hydrogen (secondary N) is 1. The van der Waals surface area contributed by atoms with Crippen molar-refractivity contribution in [3.63, 3.8) is 0 Å². The molecule has 0 radical (unpaired) electrons. The predicted molar refractivity (Wildman–Crippen MR) is 88.5 cm³/mol. The smallest absolute Gasteiger partial charge is 0.353 e. The molecule has 1 fully saturated rings. The van der Waals surface area contributed by atoms with E-state index in [4.69, 9.17) is 14.6 Å². The van der Waals surface area contributed by atoms with Crippen molar-refractivity contribution in [1.82, 2.24) is 10.2 Å². The van der Waals surface area contributed by atoms with Crippen LogP contribution in [0.2, 0.25) is 0 Å². The average molecular weight is 334 g/mol. The zero-order valence-electron chi connectivity index (χ0n) is 12.7. The third kappa shape index (κ3) is 3.44. The van der Waals surface area contributed by atoms with Crippen LogP contribution in [0.5, 0.6) is 11.5 Å². The average Bonchev–Trinajstić information content (AvgIpc) is 3.06. The normalized spacial score (nSPS) is 15.3. The number of rotatable bonds is 5. The van der Waals surface area contributed by atoms with E-state index < -0.39 is 5.97 Å². The van der Waals surface area contributed by atoms with Crippen molar-refractivity contribution in [3.8, 4) is 22.8 Å². The monoisotopic (exact) mass is 334 g/mol. The number of aromatic amines is 1. The summed E-state index contributed by atoms with van der Waals surface area (Å²) >= 11 is 1.94. The van der Waals surface area contributed by atoms with E-state index in [0.717, 1.165) is 24.3 Å². The number of para-hydroxylation sites is 1. The Balaban J connectivity index is 1.90. The second-order valence-electron chi connectivity index (χ2n) is 5.24. The summed E-state index contributed by atoms with van der Waals surface area (Å²) in [6.07, 6.45) is 2.22. The van der Waals surface area contributed by atoms with Gasteiger partial charge in [0.2, 0.25) is 0 Å². The Bertz CT molecular complexity index is 695. The maximum Gasteiger partial charge on any atom is 0.353 e. The Kier molecular flexibility index (Phi) is 4.76. The fraction of sp³-hybridized carbons (Fsp3) is 0.375. The molecule has 2 aromatic rings. The number of thioether (sulfide) groups is 1. The highest BCUT2D eigenvalue weighted by Gasteiger charge is 2.20. The summed E-state index contributed by atoms with van der Waals surface area (Å²) in [5.74, 6) is 2.41. The van der Waals surface area contributed by atoms with E-state index in [-0.39, 0.29) is 11.8 Å². The van der Waals surface area contributed by atoms with Crippen LogP contribution in [0, 0.1) is 0 Å². The number of carbonyl (C=O) groups is 1. The van der Waals surface area contributed by atoms with Crippen LogP contribution < -0.4 is 9.47 Å². The number of aromatic nitrogens is 2. The Labute approximate surface area is 138 Å². The molecule has 1 saturated heterocycles. The van der Waals surface area contributed by atoms with Crippen LogP contribution >= 0.6 is 11.8 Å². The topological polar surface area (TPSA) is 84.4 Å². The number of H-pyrrole nitrogens is 1. The van der Waals surface area contributed by atoms with Crippen molar-refractivity contribution in [2.45, 2.75) is 18.9 Å². The number of aromatic carboxylic acids is 1. The van der Waals surface area contributed by atoms with Crippen molar-refractivity contribution in [2.75, 3.05) is 18.6 Å². The second kappa shape index (κ2) is 6.95. The van der Waals surface area contributed by atoms with E-state index >= 15 is 0 Å². The minimum atomic E-state index is -1.05. The van der Waals surface area contributed by atoms with E-state index in [1.807, 2.05) is 30.0 Å². The molecule has 2 N–H and O–H groups in total. The summed E-state index contributed by atoms with van der Waals surface area (Å²) < 4.78 is 11.6. The lowest BCUT2D eigenvalue weighted by molar-refractivity contribution is 0.0690. The van der Waals surface area contributed by atoms with Crippen molar-refractivity contribution in [3.05, 3.63) is 30.0 Å². The minimum absolute atomic E-state index is 0.0395. The van der Waals surface area contributed by atoms with Gasteiger partial charge >= 0.3 is 5.97 Å². The molecule has 1 aromatic heterocycles. The summed E-state index contributed by atoms with van der Waals surface area (Å²) in [5, 5.41) is 15.6. The lowest BCUT2D eigenvalue weighted by atomic mass is 10.1. The van der Waals surface area contributed by atoms with Gasteiger partial charge in [-0.05, 0) is 42.5 Å². The van der Waals surface area contributed by atoms with Gasteiger partial charge in [0.25, 0.3) is 0 Å². The van der Waals surface area contributed by atoms with Gasteiger partial charge in [-0.1, -0.05) is 6.07 Å². The van der Waals surface area contributed by atoms with Crippen molar-refractivity contribution in [1.29, 1.82) is 0 Å². The third-order valence-electron chi connectivity index (χ3n) is 3.73. The number of carboxylic acids is 1. The molecule has 0 amide bonds. The van der Waals surface area contributed by atoms with Gasteiger partial charge in [0.15, 0.2) is 11.5 Å². The second-order valence-corrected chi connectivity index (χ2v) is 6.46. The van der Waals surface area contributed by atoms with E-state index in [1.165, 1.54) is 6.07 Å². The maximum absolute atomic E-state index is 11.0. The first-order valence-electron chi connectivity index (χ1n) is 7.39. The van der Waals surface area contributed by atoms with Crippen molar-refractivity contribution >= 4 is 17.7 Å². The van der Waals surface area contributed by atoms with Crippen LogP contribution in [0.3, 0.4) is 0 Å². The van der Waals surface area contributed by atoms with E-state index in [1.54, 1.807) is 7.11 Å². The van der Waals surface area contributed by atoms with Gasteiger partial charge in [-0.3, -0.25) is 5.10 Å². The fourth-order valence-electron chi connectivity index (χ4n) is 2.56. The molecule has 1 aromatic carbocycles. The quantitative estimate of drug-likeness (QED) is 0.874. The number of benzene rings is 1. The van der Waals surface area contributed by atoms with Crippen LogP contribution in [0.1, 0.15) is 23.3 Å². The van der Waals surface area contributed by atoms with Gasteiger partial charge in [-0.15, -0.1) is 0 Å². The molecule has 7 heteroatoms. The number of hydrogen-bond acceptors (Lipinski definition) is 5. The van der Waals surface area contributed by atoms with Crippen LogP contribution in [-0.4, -0.2) is 46.0 Å². The first kappa shape index (κ1) is 15.7. The number of hydrogen-bond donors (Lipinski definition) is 2. The maximum atomic E-state index is 11.0. The molecule has 0 saturated carbocycles. The molecule has 2 heterocycles. The van der Waals surface area contributed by atoms with Gasteiger partial charge < -0.3 is 14.6 Å². The summed E-state index contributed by atoms with van der Waals surface area (Å²) in [6, 6.07) is 7.06. The molecule has 1 aliphatic heterocycles. The van der Waals surface area contributed by atoms with E-state index in [2.05, 4.69) is 10.2 Å². The Morgan fingerprint density at radius 3 is 2.83 bits per heavy atom. The highest BCUT2D eigenvalue weighted by atomic mass is 32.2. The van der Waals surface area contributed by atoms with Gasteiger partial charge in [-0.25, -0.2) is 4.79 Å². The molecule has 0 atom stereocenters. The molecule has 1 aliphatic rings.